The maximum absolute atomic E-state index is 13.6. The number of aliphatic hydroxyl groups is 1. The Kier molecular flexibility index (Phi) is 4.17. The Balaban J connectivity index is 2.38. The van der Waals surface area contributed by atoms with E-state index in [1.165, 1.54) is 6.07 Å². The fourth-order valence-corrected chi connectivity index (χ4v) is 3.34. The van der Waals surface area contributed by atoms with Crippen LogP contribution in [-0.2, 0) is 0 Å². The highest BCUT2D eigenvalue weighted by Gasteiger charge is 2.21. The molecule has 1 aliphatic rings. The van der Waals surface area contributed by atoms with Crippen LogP contribution < -0.4 is 4.90 Å². The van der Waals surface area contributed by atoms with Gasteiger partial charge in [0.2, 0.25) is 0 Å². The van der Waals surface area contributed by atoms with Crippen molar-refractivity contribution in [3.05, 3.63) is 29.1 Å². The average Bonchev–Trinajstić information content (AvgIpc) is 2.31. The lowest BCUT2D eigenvalue weighted by atomic mass is 10.0. The van der Waals surface area contributed by atoms with Gasteiger partial charge in [0.1, 0.15) is 5.82 Å². The van der Waals surface area contributed by atoms with E-state index in [0.29, 0.717) is 16.4 Å². The lowest BCUT2D eigenvalue weighted by Crippen LogP contribution is -2.37. The summed E-state index contributed by atoms with van der Waals surface area (Å²) in [5.74, 6) is 0.839. The number of nitrogens with zero attached hydrogens (tertiary/aromatic N) is 1. The van der Waals surface area contributed by atoms with Crippen LogP contribution in [0.15, 0.2) is 12.1 Å². The van der Waals surface area contributed by atoms with E-state index in [2.05, 4.69) is 11.8 Å². The predicted octanol–water partition coefficient (Wildman–Crippen LogP) is 3.13. The molecule has 1 N–H and O–H groups in total. The Labute approximate surface area is 112 Å². The van der Waals surface area contributed by atoms with Crippen LogP contribution in [0.25, 0.3) is 0 Å². The Morgan fingerprint density at radius 2 is 2.22 bits per heavy atom. The van der Waals surface area contributed by atoms with Crippen LogP contribution in [0.4, 0.5) is 10.1 Å². The van der Waals surface area contributed by atoms with Crippen LogP contribution in [-0.4, -0.2) is 29.2 Å². The summed E-state index contributed by atoms with van der Waals surface area (Å²) in [5.41, 5.74) is 2.31. The summed E-state index contributed by atoms with van der Waals surface area (Å²) in [6, 6.07) is 3.34. The molecule has 1 saturated heterocycles. The normalized spacial score (nSPS) is 22.1. The van der Waals surface area contributed by atoms with Gasteiger partial charge in [-0.1, -0.05) is 6.92 Å². The highest BCUT2D eigenvalue weighted by molar-refractivity contribution is 8.00. The molecule has 2 atom stereocenters. The van der Waals surface area contributed by atoms with Gasteiger partial charge in [-0.25, -0.2) is 4.39 Å². The lowest BCUT2D eigenvalue weighted by Gasteiger charge is -2.34. The molecule has 1 aromatic rings. The molecule has 0 bridgehead atoms. The minimum absolute atomic E-state index is 0.242. The molecular weight excluding hydrogens is 249 g/mol. The van der Waals surface area contributed by atoms with Crippen LogP contribution in [0.5, 0.6) is 0 Å². The second-order valence-electron chi connectivity index (χ2n) is 4.96. The first-order valence-electron chi connectivity index (χ1n) is 6.33. The summed E-state index contributed by atoms with van der Waals surface area (Å²) in [6.07, 6.45) is -0.639. The lowest BCUT2D eigenvalue weighted by molar-refractivity contribution is 0.199. The monoisotopic (exact) mass is 269 g/mol. The molecule has 2 rings (SSSR count). The van der Waals surface area contributed by atoms with E-state index in [1.807, 2.05) is 17.8 Å². The van der Waals surface area contributed by atoms with Crippen LogP contribution in [0, 0.1) is 12.7 Å². The predicted molar refractivity (Wildman–Crippen MR) is 75.9 cm³/mol. The topological polar surface area (TPSA) is 23.5 Å². The third-order valence-corrected chi connectivity index (χ3v) is 4.48. The second-order valence-corrected chi connectivity index (χ2v) is 6.51. The summed E-state index contributed by atoms with van der Waals surface area (Å²) in [7, 11) is 0. The van der Waals surface area contributed by atoms with Crippen molar-refractivity contribution in [2.45, 2.75) is 32.1 Å². The Morgan fingerprint density at radius 3 is 2.83 bits per heavy atom. The zero-order valence-electron chi connectivity index (χ0n) is 11.1. The van der Waals surface area contributed by atoms with E-state index in [9.17, 15) is 9.50 Å². The summed E-state index contributed by atoms with van der Waals surface area (Å²) >= 11 is 1.96. The highest BCUT2D eigenvalue weighted by atomic mass is 32.2. The van der Waals surface area contributed by atoms with Crippen molar-refractivity contribution in [1.82, 2.24) is 0 Å². The number of aliphatic hydroxyl groups excluding tert-OH is 1. The van der Waals surface area contributed by atoms with Crippen molar-refractivity contribution < 1.29 is 9.50 Å². The molecule has 0 spiro atoms. The number of benzene rings is 1. The number of halogens is 1. The maximum atomic E-state index is 13.6. The summed E-state index contributed by atoms with van der Waals surface area (Å²) in [4.78, 5) is 2.26. The average molecular weight is 269 g/mol. The molecule has 0 aromatic heterocycles. The Morgan fingerprint density at radius 1 is 1.50 bits per heavy atom. The smallest absolute Gasteiger partial charge is 0.126 e. The van der Waals surface area contributed by atoms with Crippen molar-refractivity contribution in [1.29, 1.82) is 0 Å². The van der Waals surface area contributed by atoms with Crippen molar-refractivity contribution in [2.75, 3.05) is 23.7 Å². The fourth-order valence-electron chi connectivity index (χ4n) is 2.33. The van der Waals surface area contributed by atoms with E-state index in [-0.39, 0.29) is 5.82 Å². The van der Waals surface area contributed by atoms with Crippen molar-refractivity contribution in [3.63, 3.8) is 0 Å². The number of rotatable bonds is 2. The molecule has 1 aromatic carbocycles. The van der Waals surface area contributed by atoms with Crippen molar-refractivity contribution in [2.24, 2.45) is 0 Å². The number of hydrogen-bond acceptors (Lipinski definition) is 3. The number of anilines is 1. The van der Waals surface area contributed by atoms with Gasteiger partial charge in [-0.2, -0.15) is 11.8 Å². The zero-order valence-corrected chi connectivity index (χ0v) is 11.9. The summed E-state index contributed by atoms with van der Waals surface area (Å²) in [6.45, 7) is 7.58. The molecule has 100 valence electrons. The Bertz CT molecular complexity index is 436. The standard InChI is InChI=1S/C14H20FNOS/c1-9-6-14(12(11(3)17)7-13(9)15)16-4-5-18-10(2)8-16/h6-7,10-11,17H,4-5,8H2,1-3H3/t10?,11-/m0/s1. The van der Waals surface area contributed by atoms with Crippen LogP contribution in [0.2, 0.25) is 0 Å². The maximum Gasteiger partial charge on any atom is 0.126 e. The Hall–Kier alpha value is -0.740. The molecule has 1 unspecified atom stereocenters. The molecule has 4 heteroatoms. The number of aryl methyl sites for hydroxylation is 1. The fraction of sp³-hybridized carbons (Fsp3) is 0.571. The second kappa shape index (κ2) is 5.49. The summed E-state index contributed by atoms with van der Waals surface area (Å²) in [5, 5.41) is 10.4. The van der Waals surface area contributed by atoms with Crippen molar-refractivity contribution >= 4 is 17.4 Å². The number of hydrogen-bond donors (Lipinski definition) is 1. The minimum atomic E-state index is -0.639. The van der Waals surface area contributed by atoms with Gasteiger partial charge in [0, 0.05) is 35.3 Å². The van der Waals surface area contributed by atoms with Gasteiger partial charge in [0.25, 0.3) is 0 Å². The summed E-state index contributed by atoms with van der Waals surface area (Å²) < 4.78 is 13.6. The highest BCUT2D eigenvalue weighted by Crippen LogP contribution is 2.32. The SMILES string of the molecule is Cc1cc(N2CCSC(C)C2)c([C@H](C)O)cc1F. The van der Waals surface area contributed by atoms with Gasteiger partial charge < -0.3 is 10.0 Å². The van der Waals surface area contributed by atoms with Crippen molar-refractivity contribution in [3.8, 4) is 0 Å². The molecule has 1 aliphatic heterocycles. The van der Waals surface area contributed by atoms with Gasteiger partial charge in [0.05, 0.1) is 6.10 Å². The molecule has 0 aliphatic carbocycles. The van der Waals surface area contributed by atoms with Gasteiger partial charge in [-0.3, -0.25) is 0 Å². The molecule has 0 radical (unpaired) electrons. The van der Waals surface area contributed by atoms with E-state index in [0.717, 1.165) is 24.5 Å². The van der Waals surface area contributed by atoms with E-state index in [4.69, 9.17) is 0 Å². The zero-order chi connectivity index (χ0) is 13.3. The third-order valence-electron chi connectivity index (χ3n) is 3.34. The molecule has 0 amide bonds. The minimum Gasteiger partial charge on any atom is -0.389 e. The van der Waals surface area contributed by atoms with Gasteiger partial charge in [-0.05, 0) is 31.5 Å². The molecule has 0 saturated carbocycles. The molecule has 1 heterocycles. The largest absolute Gasteiger partial charge is 0.389 e. The number of thioether (sulfide) groups is 1. The molecule has 18 heavy (non-hydrogen) atoms. The molecule has 2 nitrogen and oxygen atoms in total. The quantitative estimate of drug-likeness (QED) is 0.892. The van der Waals surface area contributed by atoms with E-state index < -0.39 is 6.10 Å². The first kappa shape index (κ1) is 13.7. The molecule has 1 fully saturated rings. The van der Waals surface area contributed by atoms with Gasteiger partial charge in [-0.15, -0.1) is 0 Å². The first-order chi connectivity index (χ1) is 8.49. The van der Waals surface area contributed by atoms with Crippen LogP contribution in [0.1, 0.15) is 31.1 Å². The first-order valence-corrected chi connectivity index (χ1v) is 7.38. The van der Waals surface area contributed by atoms with Gasteiger partial charge >= 0.3 is 0 Å². The van der Waals surface area contributed by atoms with Gasteiger partial charge in [0.15, 0.2) is 0 Å². The third kappa shape index (κ3) is 2.81. The molecular formula is C14H20FNOS. The van der Waals surface area contributed by atoms with E-state index >= 15 is 0 Å². The van der Waals surface area contributed by atoms with Crippen LogP contribution >= 0.6 is 11.8 Å². The van der Waals surface area contributed by atoms with Crippen LogP contribution in [0.3, 0.4) is 0 Å². The van der Waals surface area contributed by atoms with E-state index in [1.54, 1.807) is 13.8 Å².